The molecule has 0 amide bonds. The summed E-state index contributed by atoms with van der Waals surface area (Å²) in [6.07, 6.45) is 0. The Bertz CT molecular complexity index is 3540. The predicted molar refractivity (Wildman–Crippen MR) is 260 cm³/mol. The SMILES string of the molecule is c1ccc2c(-c3ccc4cc(N(c5ccc(-c6nc7cc8scnc8cc7s6)cc5)c5ccc(-c6nc7cc8scnc8cc7s6)cc5)ccc4c3)c3ccccc3nc2c1. The first-order chi connectivity index (χ1) is 30.1. The monoisotopic (exact) mass is 852 g/mol. The van der Waals surface area contributed by atoms with Gasteiger partial charge in [-0.2, -0.15) is 0 Å². The highest BCUT2D eigenvalue weighted by molar-refractivity contribution is 7.22. The van der Waals surface area contributed by atoms with Crippen LogP contribution in [0.3, 0.4) is 0 Å². The van der Waals surface area contributed by atoms with Gasteiger partial charge in [-0.05, 0) is 119 Å². The van der Waals surface area contributed by atoms with E-state index in [1.54, 1.807) is 45.3 Å². The zero-order valence-electron chi connectivity index (χ0n) is 32.0. The van der Waals surface area contributed by atoms with E-state index in [2.05, 4.69) is 173 Å². The van der Waals surface area contributed by atoms with E-state index in [-0.39, 0.29) is 0 Å². The zero-order chi connectivity index (χ0) is 40.0. The summed E-state index contributed by atoms with van der Waals surface area (Å²) < 4.78 is 4.61. The average Bonchev–Trinajstić information content (AvgIpc) is 4.13. The summed E-state index contributed by atoms with van der Waals surface area (Å²) in [5.74, 6) is 0. The van der Waals surface area contributed by atoms with Gasteiger partial charge in [0.25, 0.3) is 0 Å². The lowest BCUT2D eigenvalue weighted by atomic mass is 9.94. The molecule has 286 valence electrons. The molecule has 0 saturated carbocycles. The molecule has 0 radical (unpaired) electrons. The van der Waals surface area contributed by atoms with E-state index < -0.39 is 0 Å². The van der Waals surface area contributed by atoms with Gasteiger partial charge in [0.1, 0.15) is 10.0 Å². The van der Waals surface area contributed by atoms with E-state index in [4.69, 9.17) is 15.0 Å². The molecule has 0 N–H and O–H groups in total. The van der Waals surface area contributed by atoms with Crippen LogP contribution in [0.1, 0.15) is 0 Å². The third-order valence-corrected chi connectivity index (χ3v) is 15.1. The molecule has 13 aromatic rings. The van der Waals surface area contributed by atoms with Gasteiger partial charge in [-0.1, -0.05) is 54.6 Å². The van der Waals surface area contributed by atoms with Crippen molar-refractivity contribution >= 4 is 136 Å². The maximum atomic E-state index is 5.04. The van der Waals surface area contributed by atoms with E-state index in [0.717, 1.165) is 106 Å². The molecule has 0 spiro atoms. The molecule has 0 saturated heterocycles. The molecule has 0 aliphatic heterocycles. The van der Waals surface area contributed by atoms with Gasteiger partial charge in [0, 0.05) is 44.5 Å². The highest BCUT2D eigenvalue weighted by Crippen LogP contribution is 2.42. The Balaban J connectivity index is 0.903. The number of fused-ring (bicyclic) bond motifs is 7. The Kier molecular flexibility index (Phi) is 7.89. The minimum atomic E-state index is 0.998. The van der Waals surface area contributed by atoms with Crippen LogP contribution in [0, 0.1) is 0 Å². The topological polar surface area (TPSA) is 67.7 Å². The molecule has 0 bridgehead atoms. The second-order valence-corrected chi connectivity index (χ2v) is 18.8. The second kappa shape index (κ2) is 13.8. The van der Waals surface area contributed by atoms with Crippen LogP contribution in [-0.2, 0) is 0 Å². The lowest BCUT2D eigenvalue weighted by Gasteiger charge is -2.26. The summed E-state index contributed by atoms with van der Waals surface area (Å²) in [6.45, 7) is 0. The van der Waals surface area contributed by atoms with Crippen LogP contribution in [0.25, 0.3) is 106 Å². The molecular weight excluding hydrogens is 825 g/mol. The molecule has 5 aromatic heterocycles. The summed E-state index contributed by atoms with van der Waals surface area (Å²) in [4.78, 5) is 26.4. The first kappa shape index (κ1) is 34.9. The van der Waals surface area contributed by atoms with Gasteiger partial charge in [-0.3, -0.25) is 0 Å². The lowest BCUT2D eigenvalue weighted by molar-refractivity contribution is 1.29. The van der Waals surface area contributed by atoms with Crippen LogP contribution in [0.15, 0.2) is 169 Å². The van der Waals surface area contributed by atoms with Crippen LogP contribution in [0.2, 0.25) is 0 Å². The van der Waals surface area contributed by atoms with Crippen molar-refractivity contribution in [2.45, 2.75) is 0 Å². The number of para-hydroxylation sites is 2. The van der Waals surface area contributed by atoms with Crippen LogP contribution in [0.5, 0.6) is 0 Å². The molecule has 0 aliphatic rings. The van der Waals surface area contributed by atoms with E-state index in [1.165, 1.54) is 16.5 Å². The van der Waals surface area contributed by atoms with Crippen LogP contribution in [-0.4, -0.2) is 24.9 Å². The Morgan fingerprint density at radius 2 is 0.836 bits per heavy atom. The Morgan fingerprint density at radius 1 is 0.361 bits per heavy atom. The van der Waals surface area contributed by atoms with Gasteiger partial charge < -0.3 is 4.90 Å². The molecular formula is C51H28N6S4. The minimum Gasteiger partial charge on any atom is -0.310 e. The van der Waals surface area contributed by atoms with Gasteiger partial charge in [-0.15, -0.1) is 45.3 Å². The first-order valence-electron chi connectivity index (χ1n) is 19.8. The number of hydrogen-bond acceptors (Lipinski definition) is 10. The third-order valence-electron chi connectivity index (χ3n) is 11.4. The van der Waals surface area contributed by atoms with Crippen molar-refractivity contribution in [1.29, 1.82) is 0 Å². The van der Waals surface area contributed by atoms with Gasteiger partial charge in [-0.25, -0.2) is 24.9 Å². The number of benzene rings is 8. The van der Waals surface area contributed by atoms with Crippen molar-refractivity contribution in [3.8, 4) is 32.3 Å². The summed E-state index contributed by atoms with van der Waals surface area (Å²) in [5.41, 5.74) is 17.6. The minimum absolute atomic E-state index is 0.998. The van der Waals surface area contributed by atoms with E-state index in [0.29, 0.717) is 0 Å². The summed E-state index contributed by atoms with van der Waals surface area (Å²) >= 11 is 6.72. The van der Waals surface area contributed by atoms with Crippen molar-refractivity contribution < 1.29 is 0 Å². The average molecular weight is 853 g/mol. The Labute approximate surface area is 364 Å². The zero-order valence-corrected chi connectivity index (χ0v) is 35.2. The summed E-state index contributed by atoms with van der Waals surface area (Å²) in [7, 11) is 0. The van der Waals surface area contributed by atoms with Gasteiger partial charge in [0.2, 0.25) is 0 Å². The fourth-order valence-electron chi connectivity index (χ4n) is 8.44. The molecule has 61 heavy (non-hydrogen) atoms. The number of anilines is 3. The molecule has 13 rings (SSSR count). The van der Waals surface area contributed by atoms with Crippen LogP contribution >= 0.6 is 45.3 Å². The number of rotatable bonds is 6. The largest absolute Gasteiger partial charge is 0.310 e. The predicted octanol–water partition coefficient (Wildman–Crippen LogP) is 15.5. The highest BCUT2D eigenvalue weighted by Gasteiger charge is 2.18. The van der Waals surface area contributed by atoms with E-state index in [9.17, 15) is 0 Å². The van der Waals surface area contributed by atoms with Crippen LogP contribution < -0.4 is 4.90 Å². The summed E-state index contributed by atoms with van der Waals surface area (Å²) in [6, 6.07) is 56.7. The number of hydrogen-bond donors (Lipinski definition) is 0. The van der Waals surface area contributed by atoms with Crippen molar-refractivity contribution in [3.63, 3.8) is 0 Å². The first-order valence-corrected chi connectivity index (χ1v) is 23.1. The standard InChI is InChI=1S/C51H28N6S4/c1-3-7-39-37(5-1)49(38-6-2-4-8-40(38)54-39)33-10-9-32-22-36(20-15-31(32)21-33)57(34-16-11-29(12-17-34)50-55-43-25-45-41(52-27-58-45)23-47(43)60-50)35-18-13-30(14-19-35)51-56-44-26-46-42(53-28-59-46)24-48(44)61-51/h1-28H. The molecule has 0 aliphatic carbocycles. The van der Waals surface area contributed by atoms with Crippen molar-refractivity contribution in [2.75, 3.05) is 4.90 Å². The quantitative estimate of drug-likeness (QED) is 0.155. The third kappa shape index (κ3) is 5.90. The van der Waals surface area contributed by atoms with Gasteiger partial charge in [0.05, 0.1) is 62.9 Å². The summed E-state index contributed by atoms with van der Waals surface area (Å²) in [5, 5.41) is 6.64. The van der Waals surface area contributed by atoms with Crippen molar-refractivity contribution in [2.24, 2.45) is 0 Å². The lowest BCUT2D eigenvalue weighted by Crippen LogP contribution is -2.09. The van der Waals surface area contributed by atoms with Gasteiger partial charge in [0.15, 0.2) is 0 Å². The molecule has 6 nitrogen and oxygen atoms in total. The fourth-order valence-corrected chi connectivity index (χ4v) is 11.8. The Hall–Kier alpha value is -6.95. The second-order valence-electron chi connectivity index (χ2n) is 15.0. The Morgan fingerprint density at radius 3 is 1.41 bits per heavy atom. The normalized spacial score (nSPS) is 11.9. The maximum Gasteiger partial charge on any atom is 0.124 e. The maximum absolute atomic E-state index is 5.04. The molecule has 0 atom stereocenters. The van der Waals surface area contributed by atoms with E-state index in [1.807, 2.05) is 11.0 Å². The smallest absolute Gasteiger partial charge is 0.124 e. The molecule has 5 heterocycles. The van der Waals surface area contributed by atoms with Gasteiger partial charge >= 0.3 is 0 Å². The number of nitrogens with zero attached hydrogens (tertiary/aromatic N) is 6. The molecule has 10 heteroatoms. The van der Waals surface area contributed by atoms with Crippen LogP contribution in [0.4, 0.5) is 17.1 Å². The molecule has 8 aromatic carbocycles. The van der Waals surface area contributed by atoms with Crippen molar-refractivity contribution in [3.05, 3.63) is 169 Å². The van der Waals surface area contributed by atoms with Crippen molar-refractivity contribution in [1.82, 2.24) is 24.9 Å². The number of pyridine rings is 1. The number of aromatic nitrogens is 5. The highest BCUT2D eigenvalue weighted by atomic mass is 32.1. The number of thiazole rings is 4. The molecule has 0 unspecified atom stereocenters. The molecule has 0 fully saturated rings. The van der Waals surface area contributed by atoms with E-state index >= 15 is 0 Å². The fraction of sp³-hybridized carbons (Fsp3) is 0.